The van der Waals surface area contributed by atoms with Gasteiger partial charge in [-0.25, -0.2) is 13.6 Å². The Bertz CT molecular complexity index is 727. The van der Waals surface area contributed by atoms with Crippen molar-refractivity contribution in [2.45, 2.75) is 13.0 Å². The van der Waals surface area contributed by atoms with E-state index in [-0.39, 0.29) is 5.56 Å². The third-order valence-corrected chi connectivity index (χ3v) is 3.11. The molecule has 1 atom stereocenters. The molecule has 24 heavy (non-hydrogen) atoms. The Labute approximate surface area is 137 Å². The van der Waals surface area contributed by atoms with E-state index < -0.39 is 29.6 Å². The van der Waals surface area contributed by atoms with Gasteiger partial charge in [0.1, 0.15) is 17.4 Å². The first-order valence-electron chi connectivity index (χ1n) is 7.01. The Morgan fingerprint density at radius 2 is 1.62 bits per heavy atom. The summed E-state index contributed by atoms with van der Waals surface area (Å²) in [5, 5.41) is 2.55. The molecule has 2 aromatic rings. The lowest BCUT2D eigenvalue weighted by Gasteiger charge is -2.14. The highest BCUT2D eigenvalue weighted by Gasteiger charge is 2.20. The first kappa shape index (κ1) is 17.4. The van der Waals surface area contributed by atoms with Crippen LogP contribution in [0, 0.1) is 11.6 Å². The molecule has 5 nitrogen and oxygen atoms in total. The number of carbonyl (C=O) groups is 2. The molecule has 0 fully saturated rings. The molecule has 0 aromatic heterocycles. The van der Waals surface area contributed by atoms with Crippen molar-refractivity contribution in [3.8, 4) is 5.75 Å². The number of anilines is 1. The van der Waals surface area contributed by atoms with Crippen LogP contribution >= 0.6 is 0 Å². The number of carbonyl (C=O) groups excluding carboxylic acids is 2. The lowest BCUT2D eigenvalue weighted by molar-refractivity contribution is -0.123. The van der Waals surface area contributed by atoms with Gasteiger partial charge in [0.05, 0.1) is 12.7 Å². The maximum absolute atomic E-state index is 13.1. The molecule has 0 unspecified atom stereocenters. The molecular formula is C17H15F2NO4. The molecule has 0 aliphatic heterocycles. The number of rotatable bonds is 5. The molecule has 126 valence electrons. The van der Waals surface area contributed by atoms with Gasteiger partial charge in [-0.2, -0.15) is 0 Å². The highest BCUT2D eigenvalue weighted by molar-refractivity contribution is 5.97. The van der Waals surface area contributed by atoms with Gasteiger partial charge in [-0.05, 0) is 43.3 Å². The maximum Gasteiger partial charge on any atom is 0.339 e. The second-order valence-corrected chi connectivity index (χ2v) is 4.92. The zero-order valence-corrected chi connectivity index (χ0v) is 13.0. The number of esters is 1. The van der Waals surface area contributed by atoms with Crippen molar-refractivity contribution in [3.05, 3.63) is 59.7 Å². The predicted molar refractivity (Wildman–Crippen MR) is 82.9 cm³/mol. The summed E-state index contributed by atoms with van der Waals surface area (Å²) in [7, 11) is 1.52. The molecule has 0 saturated heterocycles. The standard InChI is InChI=1S/C17H15F2NO4/c1-10(16(21)20-14-3-5-15(23-2)6-4-14)24-17(22)11-7-12(18)9-13(19)8-11/h3-10H,1-2H3,(H,20,21)/t10-/m1/s1. The second kappa shape index (κ2) is 7.54. The molecule has 0 heterocycles. The zero-order chi connectivity index (χ0) is 17.7. The largest absolute Gasteiger partial charge is 0.497 e. The maximum atomic E-state index is 13.1. The molecule has 0 bridgehead atoms. The number of amides is 1. The average molecular weight is 335 g/mol. The van der Waals surface area contributed by atoms with Gasteiger partial charge in [0, 0.05) is 11.8 Å². The Balaban J connectivity index is 1.98. The quantitative estimate of drug-likeness (QED) is 0.853. The van der Waals surface area contributed by atoms with Crippen molar-refractivity contribution in [2.75, 3.05) is 12.4 Å². The molecule has 0 radical (unpaired) electrons. The Kier molecular flexibility index (Phi) is 5.47. The molecule has 1 N–H and O–H groups in total. The van der Waals surface area contributed by atoms with Gasteiger partial charge in [-0.15, -0.1) is 0 Å². The fourth-order valence-corrected chi connectivity index (χ4v) is 1.87. The summed E-state index contributed by atoms with van der Waals surface area (Å²) in [5.41, 5.74) is 0.178. The van der Waals surface area contributed by atoms with E-state index in [9.17, 15) is 18.4 Å². The molecule has 1 amide bonds. The monoisotopic (exact) mass is 335 g/mol. The predicted octanol–water partition coefficient (Wildman–Crippen LogP) is 3.16. The molecule has 2 aromatic carbocycles. The number of methoxy groups -OCH3 is 1. The topological polar surface area (TPSA) is 64.6 Å². The van der Waals surface area contributed by atoms with E-state index in [0.29, 0.717) is 17.5 Å². The number of benzene rings is 2. The molecule has 0 aliphatic carbocycles. The fourth-order valence-electron chi connectivity index (χ4n) is 1.87. The summed E-state index contributed by atoms with van der Waals surface area (Å²) < 4.78 is 36.1. The zero-order valence-electron chi connectivity index (χ0n) is 13.0. The van der Waals surface area contributed by atoms with Gasteiger partial charge in [-0.3, -0.25) is 4.79 Å². The number of halogens is 2. The van der Waals surface area contributed by atoms with Crippen molar-refractivity contribution < 1.29 is 27.8 Å². The molecule has 0 saturated carbocycles. The molecule has 0 spiro atoms. The summed E-state index contributed by atoms with van der Waals surface area (Å²) in [6.45, 7) is 1.35. The minimum atomic E-state index is -1.15. The van der Waals surface area contributed by atoms with E-state index in [1.807, 2.05) is 0 Å². The Hall–Kier alpha value is -2.96. The van der Waals surface area contributed by atoms with Crippen LogP contribution < -0.4 is 10.1 Å². The van der Waals surface area contributed by atoms with E-state index in [1.165, 1.54) is 14.0 Å². The summed E-state index contributed by atoms with van der Waals surface area (Å²) in [6, 6.07) is 8.85. The van der Waals surface area contributed by atoms with E-state index in [4.69, 9.17) is 9.47 Å². The van der Waals surface area contributed by atoms with Crippen LogP contribution in [0.25, 0.3) is 0 Å². The van der Waals surface area contributed by atoms with E-state index in [0.717, 1.165) is 12.1 Å². The van der Waals surface area contributed by atoms with Crippen LogP contribution in [-0.4, -0.2) is 25.1 Å². The summed E-state index contributed by atoms with van der Waals surface area (Å²) in [5.74, 6) is -2.76. The molecule has 7 heteroatoms. The minimum absolute atomic E-state index is 0.309. The number of ether oxygens (including phenoxy) is 2. The van der Waals surface area contributed by atoms with Gasteiger partial charge in [0.25, 0.3) is 5.91 Å². The third kappa shape index (κ3) is 4.52. The van der Waals surface area contributed by atoms with Gasteiger partial charge < -0.3 is 14.8 Å². The first-order chi connectivity index (χ1) is 11.4. The van der Waals surface area contributed by atoms with Crippen molar-refractivity contribution >= 4 is 17.6 Å². The molecular weight excluding hydrogens is 320 g/mol. The molecule has 2 rings (SSSR count). The van der Waals surface area contributed by atoms with E-state index in [2.05, 4.69) is 5.32 Å². The van der Waals surface area contributed by atoms with Gasteiger partial charge in [0.15, 0.2) is 6.10 Å². The van der Waals surface area contributed by atoms with E-state index >= 15 is 0 Å². The van der Waals surface area contributed by atoms with Crippen molar-refractivity contribution in [3.63, 3.8) is 0 Å². The number of hydrogen-bond acceptors (Lipinski definition) is 4. The third-order valence-electron chi connectivity index (χ3n) is 3.11. The van der Waals surface area contributed by atoms with Crippen LogP contribution in [0.5, 0.6) is 5.75 Å². The van der Waals surface area contributed by atoms with Crippen LogP contribution in [0.2, 0.25) is 0 Å². The Morgan fingerprint density at radius 3 is 2.17 bits per heavy atom. The van der Waals surface area contributed by atoms with Gasteiger partial charge in [0.2, 0.25) is 0 Å². The normalized spacial score (nSPS) is 11.5. The van der Waals surface area contributed by atoms with Crippen molar-refractivity contribution in [1.82, 2.24) is 0 Å². The van der Waals surface area contributed by atoms with Crippen molar-refractivity contribution in [2.24, 2.45) is 0 Å². The van der Waals surface area contributed by atoms with Crippen LogP contribution in [0.1, 0.15) is 17.3 Å². The average Bonchev–Trinajstić information content (AvgIpc) is 2.54. The summed E-state index contributed by atoms with van der Waals surface area (Å²) in [6.07, 6.45) is -1.15. The summed E-state index contributed by atoms with van der Waals surface area (Å²) >= 11 is 0. The number of nitrogens with one attached hydrogen (secondary N) is 1. The smallest absolute Gasteiger partial charge is 0.339 e. The SMILES string of the molecule is COc1ccc(NC(=O)[C@@H](C)OC(=O)c2cc(F)cc(F)c2)cc1. The van der Waals surface area contributed by atoms with Gasteiger partial charge in [-0.1, -0.05) is 0 Å². The lowest BCUT2D eigenvalue weighted by Crippen LogP contribution is -2.30. The number of hydrogen-bond donors (Lipinski definition) is 1. The highest BCUT2D eigenvalue weighted by atomic mass is 19.1. The second-order valence-electron chi connectivity index (χ2n) is 4.92. The van der Waals surface area contributed by atoms with Crippen LogP contribution in [0.4, 0.5) is 14.5 Å². The van der Waals surface area contributed by atoms with Gasteiger partial charge >= 0.3 is 5.97 Å². The molecule has 0 aliphatic rings. The summed E-state index contributed by atoms with van der Waals surface area (Å²) in [4.78, 5) is 23.8. The van der Waals surface area contributed by atoms with E-state index in [1.54, 1.807) is 24.3 Å². The van der Waals surface area contributed by atoms with Crippen molar-refractivity contribution in [1.29, 1.82) is 0 Å². The fraction of sp³-hybridized carbons (Fsp3) is 0.176. The minimum Gasteiger partial charge on any atom is -0.497 e. The lowest BCUT2D eigenvalue weighted by atomic mass is 10.2. The first-order valence-corrected chi connectivity index (χ1v) is 7.01. The van der Waals surface area contributed by atoms with Crippen LogP contribution in [0.3, 0.4) is 0 Å². The highest BCUT2D eigenvalue weighted by Crippen LogP contribution is 2.16. The van der Waals surface area contributed by atoms with Crippen LogP contribution in [0.15, 0.2) is 42.5 Å². The van der Waals surface area contributed by atoms with Crippen LogP contribution in [-0.2, 0) is 9.53 Å². The Morgan fingerprint density at radius 1 is 1.04 bits per heavy atom.